The van der Waals surface area contributed by atoms with Crippen molar-refractivity contribution < 1.29 is 24.3 Å². The molecule has 1 aliphatic heterocycles. The molecule has 31 heavy (non-hydrogen) atoms. The molecule has 0 unspecified atom stereocenters. The first-order valence-electron chi connectivity index (χ1n) is 10.7. The quantitative estimate of drug-likeness (QED) is 0.365. The minimum Gasteiger partial charge on any atom is -0.507 e. The number of rotatable bonds is 9. The van der Waals surface area contributed by atoms with Crippen LogP contribution < -0.4 is 9.64 Å². The van der Waals surface area contributed by atoms with E-state index >= 15 is 0 Å². The maximum Gasteiger partial charge on any atom is 0.295 e. The predicted octanol–water partition coefficient (Wildman–Crippen LogP) is 1.83. The van der Waals surface area contributed by atoms with Gasteiger partial charge in [0, 0.05) is 24.7 Å². The van der Waals surface area contributed by atoms with Crippen LogP contribution in [0.25, 0.3) is 5.76 Å². The van der Waals surface area contributed by atoms with Crippen molar-refractivity contribution >= 4 is 17.4 Å². The number of ether oxygens (including phenoxy) is 1. The highest BCUT2D eigenvalue weighted by Crippen LogP contribution is 2.38. The van der Waals surface area contributed by atoms with Gasteiger partial charge in [0.1, 0.15) is 17.6 Å². The number of amides is 1. The molecule has 1 fully saturated rings. The number of hydrogen-bond donors (Lipinski definition) is 2. The number of likely N-dealkylation sites (tertiary alicyclic amines) is 1. The van der Waals surface area contributed by atoms with Crippen molar-refractivity contribution in [3.8, 4) is 5.75 Å². The van der Waals surface area contributed by atoms with E-state index in [1.807, 2.05) is 6.07 Å². The number of hydrogen-bond acceptors (Lipinski definition) is 5. The Morgan fingerprint density at radius 1 is 1.13 bits per heavy atom. The molecule has 1 aromatic heterocycles. The van der Waals surface area contributed by atoms with Gasteiger partial charge in [-0.1, -0.05) is 6.07 Å². The Morgan fingerprint density at radius 2 is 1.84 bits per heavy atom. The number of nitrogens with zero attached hydrogens (tertiary/aromatic N) is 2. The fraction of sp³-hybridized carbons (Fsp3) is 0.375. The Morgan fingerprint density at radius 3 is 2.42 bits per heavy atom. The fourth-order valence-corrected chi connectivity index (χ4v) is 3.96. The highest BCUT2D eigenvalue weighted by Gasteiger charge is 2.46. The lowest BCUT2D eigenvalue weighted by atomic mass is 9.98. The van der Waals surface area contributed by atoms with E-state index in [-0.39, 0.29) is 11.3 Å². The van der Waals surface area contributed by atoms with Gasteiger partial charge in [0.05, 0.1) is 38.0 Å². The summed E-state index contributed by atoms with van der Waals surface area (Å²) >= 11 is 0. The minimum atomic E-state index is -0.713. The number of aliphatic hydroxyl groups is 1. The predicted molar refractivity (Wildman–Crippen MR) is 118 cm³/mol. The van der Waals surface area contributed by atoms with E-state index in [0.29, 0.717) is 23.6 Å². The van der Waals surface area contributed by atoms with E-state index in [1.54, 1.807) is 54.6 Å². The summed E-state index contributed by atoms with van der Waals surface area (Å²) in [6, 6.07) is 11.4. The third-order valence-corrected chi connectivity index (χ3v) is 5.80. The van der Waals surface area contributed by atoms with Crippen LogP contribution in [0.4, 0.5) is 0 Å². The molecule has 1 atom stereocenters. The van der Waals surface area contributed by atoms with Crippen LogP contribution in [-0.4, -0.2) is 60.0 Å². The molecule has 1 aliphatic rings. The number of quaternary nitrogens is 1. The Kier molecular flexibility index (Phi) is 7.41. The van der Waals surface area contributed by atoms with E-state index in [0.717, 1.165) is 26.1 Å². The van der Waals surface area contributed by atoms with Crippen molar-refractivity contribution in [3.05, 3.63) is 65.5 Å². The molecule has 0 radical (unpaired) electrons. The highest BCUT2D eigenvalue weighted by molar-refractivity contribution is 6.46. The maximum absolute atomic E-state index is 13.0. The molecule has 0 saturated carbocycles. The standard InChI is InChI=1S/C24H29N3O4/c1-4-26(5-2)15-8-16-27-21(19-9-6-7-14-25-19)20(23(29)24(27)30)22(28)17-10-12-18(31-3)13-11-17/h6-7,9-14,21,28H,4-5,8,15-16H2,1-3H3/p+1/t21-/m1/s1. The van der Waals surface area contributed by atoms with Crippen LogP contribution in [0.15, 0.2) is 54.2 Å². The number of Topliss-reactive ketones (excluding diaryl/α,β-unsaturated/α-hetero) is 1. The maximum atomic E-state index is 13.0. The summed E-state index contributed by atoms with van der Waals surface area (Å²) in [5.74, 6) is -0.842. The van der Waals surface area contributed by atoms with Gasteiger partial charge >= 0.3 is 0 Å². The lowest BCUT2D eigenvalue weighted by Gasteiger charge is -2.25. The number of benzene rings is 1. The van der Waals surface area contributed by atoms with E-state index < -0.39 is 17.7 Å². The molecule has 0 aliphatic carbocycles. The van der Waals surface area contributed by atoms with E-state index in [4.69, 9.17) is 4.74 Å². The summed E-state index contributed by atoms with van der Waals surface area (Å²) in [5.41, 5.74) is 1.09. The summed E-state index contributed by atoms with van der Waals surface area (Å²) < 4.78 is 5.16. The van der Waals surface area contributed by atoms with Gasteiger partial charge in [0.15, 0.2) is 0 Å². The van der Waals surface area contributed by atoms with Crippen molar-refractivity contribution in [2.24, 2.45) is 0 Å². The number of ketones is 1. The van der Waals surface area contributed by atoms with E-state index in [1.165, 1.54) is 4.90 Å². The molecule has 7 nitrogen and oxygen atoms in total. The zero-order valence-corrected chi connectivity index (χ0v) is 18.3. The third kappa shape index (κ3) is 4.77. The molecule has 1 saturated heterocycles. The topological polar surface area (TPSA) is 84.2 Å². The summed E-state index contributed by atoms with van der Waals surface area (Å²) in [5, 5.41) is 11.0. The fourth-order valence-electron chi connectivity index (χ4n) is 3.96. The summed E-state index contributed by atoms with van der Waals surface area (Å²) in [6.07, 6.45) is 2.39. The molecule has 2 heterocycles. The lowest BCUT2D eigenvalue weighted by molar-refractivity contribution is -0.896. The number of carbonyl (C=O) groups is 2. The van der Waals surface area contributed by atoms with Crippen molar-refractivity contribution in [1.82, 2.24) is 9.88 Å². The number of aliphatic hydroxyl groups excluding tert-OH is 1. The molecule has 0 bridgehead atoms. The van der Waals surface area contributed by atoms with Crippen molar-refractivity contribution in [2.75, 3.05) is 33.3 Å². The van der Waals surface area contributed by atoms with Gasteiger partial charge in [-0.3, -0.25) is 14.6 Å². The van der Waals surface area contributed by atoms with Gasteiger partial charge in [-0.25, -0.2) is 0 Å². The number of pyridine rings is 1. The monoisotopic (exact) mass is 424 g/mol. The van der Waals surface area contributed by atoms with Gasteiger partial charge in [-0.05, 0) is 50.2 Å². The molecule has 164 valence electrons. The molecular formula is C24H30N3O4+. The number of aromatic nitrogens is 1. The van der Waals surface area contributed by atoms with Gasteiger partial charge < -0.3 is 19.6 Å². The highest BCUT2D eigenvalue weighted by atomic mass is 16.5. The van der Waals surface area contributed by atoms with Crippen molar-refractivity contribution in [2.45, 2.75) is 26.3 Å². The van der Waals surface area contributed by atoms with Gasteiger partial charge in [-0.15, -0.1) is 0 Å². The Hall–Kier alpha value is -3.19. The largest absolute Gasteiger partial charge is 0.507 e. The number of carbonyl (C=O) groups excluding carboxylic acids is 2. The average Bonchev–Trinajstić information content (AvgIpc) is 3.07. The second-order valence-electron chi connectivity index (χ2n) is 7.54. The molecule has 1 aromatic carbocycles. The average molecular weight is 425 g/mol. The normalized spacial score (nSPS) is 18.1. The van der Waals surface area contributed by atoms with Crippen LogP contribution >= 0.6 is 0 Å². The SMILES string of the molecule is CC[NH+](CC)CCCN1C(=O)C(=O)C(=C(O)c2ccc(OC)cc2)[C@H]1c1ccccn1. The zero-order valence-electron chi connectivity index (χ0n) is 18.3. The van der Waals surface area contributed by atoms with Crippen molar-refractivity contribution in [3.63, 3.8) is 0 Å². The smallest absolute Gasteiger partial charge is 0.295 e. The van der Waals surface area contributed by atoms with E-state index in [2.05, 4.69) is 18.8 Å². The van der Waals surface area contributed by atoms with Crippen LogP contribution in [0, 0.1) is 0 Å². The Bertz CT molecular complexity index is 937. The van der Waals surface area contributed by atoms with Crippen LogP contribution in [0.1, 0.15) is 37.6 Å². The van der Waals surface area contributed by atoms with Crippen LogP contribution in [-0.2, 0) is 9.59 Å². The molecule has 3 rings (SSSR count). The van der Waals surface area contributed by atoms with Crippen LogP contribution in [0.5, 0.6) is 5.75 Å². The minimum absolute atomic E-state index is 0.0732. The lowest BCUT2D eigenvalue weighted by Crippen LogP contribution is -3.11. The summed E-state index contributed by atoms with van der Waals surface area (Å²) in [6.45, 7) is 7.62. The zero-order chi connectivity index (χ0) is 22.4. The Labute approximate surface area is 183 Å². The van der Waals surface area contributed by atoms with Gasteiger partial charge in [0.25, 0.3) is 11.7 Å². The molecular weight excluding hydrogens is 394 g/mol. The summed E-state index contributed by atoms with van der Waals surface area (Å²) in [4.78, 5) is 33.3. The first-order chi connectivity index (χ1) is 15.0. The molecule has 2 N–H and O–H groups in total. The van der Waals surface area contributed by atoms with Crippen molar-refractivity contribution in [1.29, 1.82) is 0 Å². The molecule has 7 heteroatoms. The molecule has 0 spiro atoms. The number of methoxy groups -OCH3 is 1. The first-order valence-corrected chi connectivity index (χ1v) is 10.7. The van der Waals surface area contributed by atoms with Crippen LogP contribution in [0.2, 0.25) is 0 Å². The summed E-state index contributed by atoms with van der Waals surface area (Å²) in [7, 11) is 1.56. The number of nitrogens with one attached hydrogen (secondary N) is 1. The third-order valence-electron chi connectivity index (χ3n) is 5.80. The van der Waals surface area contributed by atoms with Gasteiger partial charge in [-0.2, -0.15) is 0 Å². The Balaban J connectivity index is 1.98. The van der Waals surface area contributed by atoms with Crippen LogP contribution in [0.3, 0.4) is 0 Å². The first kappa shape index (κ1) is 22.5. The second kappa shape index (κ2) is 10.2. The second-order valence-corrected chi connectivity index (χ2v) is 7.54. The molecule has 2 aromatic rings. The molecule has 1 amide bonds. The van der Waals surface area contributed by atoms with E-state index in [9.17, 15) is 14.7 Å². The van der Waals surface area contributed by atoms with Gasteiger partial charge in [0.2, 0.25) is 0 Å².